The molecule has 1 fully saturated rings. The normalized spacial score (nSPS) is 17.0. The topological polar surface area (TPSA) is 61.4 Å². The highest BCUT2D eigenvalue weighted by Crippen LogP contribution is 2.20. The van der Waals surface area contributed by atoms with E-state index in [-0.39, 0.29) is 17.3 Å². The van der Waals surface area contributed by atoms with E-state index in [1.807, 2.05) is 24.3 Å². The summed E-state index contributed by atoms with van der Waals surface area (Å²) in [4.78, 5) is 26.7. The number of nitrogens with zero attached hydrogens (tertiary/aromatic N) is 1. The third-order valence-electron chi connectivity index (χ3n) is 5.08. The van der Waals surface area contributed by atoms with Gasteiger partial charge < -0.3 is 10.6 Å². The van der Waals surface area contributed by atoms with Gasteiger partial charge in [0.05, 0.1) is 5.69 Å². The second-order valence-electron chi connectivity index (χ2n) is 7.51. The molecule has 2 amide bonds. The average Bonchev–Trinajstić information content (AvgIpc) is 2.69. The average molecular weight is 418 g/mol. The molecule has 1 aliphatic heterocycles. The van der Waals surface area contributed by atoms with Crippen molar-refractivity contribution >= 4 is 29.1 Å². The molecule has 0 saturated carbocycles. The Morgan fingerprint density at radius 1 is 1.17 bits per heavy atom. The largest absolute Gasteiger partial charge is 0.344 e. The van der Waals surface area contributed by atoms with E-state index in [1.165, 1.54) is 25.0 Å². The fourth-order valence-electron chi connectivity index (χ4n) is 3.58. The SMILES string of the molecule is CC1CCCN(Cc2ccccc2CNC(=O)C(=O)Nc2ccc(Cl)cc2F)C1. The van der Waals surface area contributed by atoms with Crippen LogP contribution in [-0.4, -0.2) is 29.8 Å². The minimum Gasteiger partial charge on any atom is -0.344 e. The molecule has 2 N–H and O–H groups in total. The summed E-state index contributed by atoms with van der Waals surface area (Å²) in [6, 6.07) is 11.7. The molecule has 0 radical (unpaired) electrons. The maximum atomic E-state index is 13.8. The summed E-state index contributed by atoms with van der Waals surface area (Å²) in [5.41, 5.74) is 2.00. The smallest absolute Gasteiger partial charge is 0.313 e. The van der Waals surface area contributed by atoms with Crippen LogP contribution in [0, 0.1) is 11.7 Å². The van der Waals surface area contributed by atoms with E-state index in [0.29, 0.717) is 5.92 Å². The molecule has 29 heavy (non-hydrogen) atoms. The molecule has 1 saturated heterocycles. The van der Waals surface area contributed by atoms with E-state index in [2.05, 4.69) is 22.5 Å². The first kappa shape index (κ1) is 21.3. The third kappa shape index (κ3) is 6.02. The Labute approximate surface area is 175 Å². The van der Waals surface area contributed by atoms with Gasteiger partial charge in [-0.2, -0.15) is 0 Å². The number of carbonyl (C=O) groups excluding carboxylic acids is 2. The Bertz CT molecular complexity index is 890. The molecule has 154 valence electrons. The highest BCUT2D eigenvalue weighted by molar-refractivity contribution is 6.39. The minimum atomic E-state index is -0.923. The van der Waals surface area contributed by atoms with E-state index >= 15 is 0 Å². The molecule has 1 atom stereocenters. The molecule has 0 aromatic heterocycles. The Hall–Kier alpha value is -2.44. The Balaban J connectivity index is 1.57. The molecule has 1 unspecified atom stereocenters. The van der Waals surface area contributed by atoms with Crippen LogP contribution in [0.15, 0.2) is 42.5 Å². The first-order chi connectivity index (χ1) is 13.9. The zero-order chi connectivity index (χ0) is 20.8. The number of carbonyl (C=O) groups is 2. The highest BCUT2D eigenvalue weighted by atomic mass is 35.5. The van der Waals surface area contributed by atoms with Crippen molar-refractivity contribution < 1.29 is 14.0 Å². The molecule has 1 heterocycles. The first-order valence-corrected chi connectivity index (χ1v) is 10.1. The summed E-state index contributed by atoms with van der Waals surface area (Å²) < 4.78 is 13.8. The van der Waals surface area contributed by atoms with Crippen LogP contribution in [0.25, 0.3) is 0 Å². The summed E-state index contributed by atoms with van der Waals surface area (Å²) in [5, 5.41) is 5.10. The van der Waals surface area contributed by atoms with E-state index in [0.717, 1.165) is 36.8 Å². The molecule has 1 aliphatic rings. The summed E-state index contributed by atoms with van der Waals surface area (Å²) in [5.74, 6) is -1.75. The quantitative estimate of drug-likeness (QED) is 0.724. The van der Waals surface area contributed by atoms with Gasteiger partial charge in [-0.3, -0.25) is 14.5 Å². The zero-order valence-corrected chi connectivity index (χ0v) is 17.1. The van der Waals surface area contributed by atoms with Crippen LogP contribution in [0.3, 0.4) is 0 Å². The summed E-state index contributed by atoms with van der Waals surface area (Å²) in [6.07, 6.45) is 2.46. The number of benzene rings is 2. The highest BCUT2D eigenvalue weighted by Gasteiger charge is 2.19. The molecule has 3 rings (SSSR count). The zero-order valence-electron chi connectivity index (χ0n) is 16.4. The molecule has 5 nitrogen and oxygen atoms in total. The van der Waals surface area contributed by atoms with E-state index < -0.39 is 17.6 Å². The molecule has 2 aromatic rings. The van der Waals surface area contributed by atoms with Crippen LogP contribution in [0.5, 0.6) is 0 Å². The van der Waals surface area contributed by atoms with Crippen molar-refractivity contribution in [2.45, 2.75) is 32.9 Å². The number of hydrogen-bond acceptors (Lipinski definition) is 3. The Morgan fingerprint density at radius 2 is 1.93 bits per heavy atom. The van der Waals surface area contributed by atoms with E-state index in [1.54, 1.807) is 0 Å². The molecular weight excluding hydrogens is 393 g/mol. The van der Waals surface area contributed by atoms with Crippen molar-refractivity contribution in [3.05, 3.63) is 64.4 Å². The van der Waals surface area contributed by atoms with Gasteiger partial charge in [0.1, 0.15) is 5.82 Å². The lowest BCUT2D eigenvalue weighted by Gasteiger charge is -2.31. The van der Waals surface area contributed by atoms with Crippen LogP contribution >= 0.6 is 11.6 Å². The number of halogens is 2. The lowest BCUT2D eigenvalue weighted by molar-refractivity contribution is -0.136. The third-order valence-corrected chi connectivity index (χ3v) is 5.31. The van der Waals surface area contributed by atoms with Crippen LogP contribution in [0.4, 0.5) is 10.1 Å². The minimum absolute atomic E-state index is 0.0887. The monoisotopic (exact) mass is 417 g/mol. The van der Waals surface area contributed by atoms with Crippen LogP contribution in [-0.2, 0) is 22.7 Å². The van der Waals surface area contributed by atoms with Crippen molar-refractivity contribution in [2.75, 3.05) is 18.4 Å². The summed E-state index contributed by atoms with van der Waals surface area (Å²) >= 11 is 5.69. The van der Waals surface area contributed by atoms with Crippen molar-refractivity contribution in [3.8, 4) is 0 Å². The van der Waals surface area contributed by atoms with E-state index in [4.69, 9.17) is 11.6 Å². The summed E-state index contributed by atoms with van der Waals surface area (Å²) in [7, 11) is 0. The predicted octanol–water partition coefficient (Wildman–Crippen LogP) is 3.97. The maximum Gasteiger partial charge on any atom is 0.313 e. The lowest BCUT2D eigenvalue weighted by atomic mass is 9.99. The molecule has 2 aromatic carbocycles. The Kier molecular flexibility index (Phi) is 7.23. The fraction of sp³-hybridized carbons (Fsp3) is 0.364. The van der Waals surface area contributed by atoms with Gasteiger partial charge >= 0.3 is 11.8 Å². The van der Waals surface area contributed by atoms with Crippen LogP contribution in [0.1, 0.15) is 30.9 Å². The lowest BCUT2D eigenvalue weighted by Crippen LogP contribution is -2.36. The standard InChI is InChI=1S/C22H25ClFN3O2/c1-15-5-4-10-27(13-15)14-17-7-3-2-6-16(17)12-25-21(28)22(29)26-20-9-8-18(23)11-19(20)24/h2-3,6-9,11,15H,4-5,10,12-14H2,1H3,(H,25,28)(H,26,29). The van der Waals surface area contributed by atoms with Gasteiger partial charge in [-0.1, -0.05) is 42.8 Å². The van der Waals surface area contributed by atoms with Crippen molar-refractivity contribution in [2.24, 2.45) is 5.92 Å². The van der Waals surface area contributed by atoms with Crippen LogP contribution in [0.2, 0.25) is 5.02 Å². The van der Waals surface area contributed by atoms with Crippen molar-refractivity contribution in [1.29, 1.82) is 0 Å². The molecule has 0 spiro atoms. The van der Waals surface area contributed by atoms with Gasteiger partial charge in [-0.15, -0.1) is 0 Å². The molecule has 0 bridgehead atoms. The number of hydrogen-bond donors (Lipinski definition) is 2. The maximum absolute atomic E-state index is 13.8. The van der Waals surface area contributed by atoms with Crippen molar-refractivity contribution in [1.82, 2.24) is 10.2 Å². The van der Waals surface area contributed by atoms with Gasteiger partial charge in [0.2, 0.25) is 0 Å². The first-order valence-electron chi connectivity index (χ1n) is 9.75. The van der Waals surface area contributed by atoms with Crippen molar-refractivity contribution in [3.63, 3.8) is 0 Å². The van der Waals surface area contributed by atoms with Gasteiger partial charge in [0.25, 0.3) is 0 Å². The van der Waals surface area contributed by atoms with Crippen LogP contribution < -0.4 is 10.6 Å². The fourth-order valence-corrected chi connectivity index (χ4v) is 3.74. The second kappa shape index (κ2) is 9.85. The molecular formula is C22H25ClFN3O2. The number of nitrogens with one attached hydrogen (secondary N) is 2. The Morgan fingerprint density at radius 3 is 2.66 bits per heavy atom. The molecule has 7 heteroatoms. The second-order valence-corrected chi connectivity index (χ2v) is 7.95. The number of likely N-dealkylation sites (tertiary alicyclic amines) is 1. The number of piperidine rings is 1. The number of amides is 2. The number of rotatable bonds is 5. The number of anilines is 1. The summed E-state index contributed by atoms with van der Waals surface area (Å²) in [6.45, 7) is 5.45. The molecule has 0 aliphatic carbocycles. The van der Waals surface area contributed by atoms with Gasteiger partial charge in [-0.25, -0.2) is 4.39 Å². The van der Waals surface area contributed by atoms with Gasteiger partial charge in [0.15, 0.2) is 0 Å². The van der Waals surface area contributed by atoms with Gasteiger partial charge in [-0.05, 0) is 54.6 Å². The predicted molar refractivity (Wildman–Crippen MR) is 112 cm³/mol. The van der Waals surface area contributed by atoms with E-state index in [9.17, 15) is 14.0 Å². The van der Waals surface area contributed by atoms with Gasteiger partial charge in [0, 0.05) is 24.7 Å².